The van der Waals surface area contributed by atoms with Crippen LogP contribution in [0.15, 0.2) is 4.52 Å². The van der Waals surface area contributed by atoms with E-state index in [0.717, 1.165) is 23.4 Å². The Bertz CT molecular complexity index is 395. The van der Waals surface area contributed by atoms with Gasteiger partial charge in [0.1, 0.15) is 5.76 Å². The topological polar surface area (TPSA) is 75.4 Å². The van der Waals surface area contributed by atoms with Crippen LogP contribution in [-0.2, 0) is 4.79 Å². The predicted octanol–water partition coefficient (Wildman–Crippen LogP) is 2.06. The third kappa shape index (κ3) is 4.67. The molecule has 108 valence electrons. The van der Waals surface area contributed by atoms with Crippen LogP contribution in [-0.4, -0.2) is 28.8 Å². The third-order valence-corrected chi connectivity index (χ3v) is 3.23. The van der Waals surface area contributed by atoms with Crippen molar-refractivity contribution in [1.82, 2.24) is 10.5 Å². The number of amides is 1. The van der Waals surface area contributed by atoms with E-state index < -0.39 is 6.10 Å². The molecule has 0 aromatic carbocycles. The number of aliphatic hydroxyl groups is 1. The quantitative estimate of drug-likeness (QED) is 0.793. The van der Waals surface area contributed by atoms with E-state index in [1.165, 1.54) is 0 Å². The first kappa shape index (κ1) is 15.7. The monoisotopic (exact) mass is 268 g/mol. The van der Waals surface area contributed by atoms with Gasteiger partial charge in [0.2, 0.25) is 5.91 Å². The van der Waals surface area contributed by atoms with Crippen LogP contribution in [0.4, 0.5) is 0 Å². The molecular formula is C14H24N2O3. The number of aromatic nitrogens is 1. The van der Waals surface area contributed by atoms with Crippen molar-refractivity contribution in [3.05, 3.63) is 17.0 Å². The maximum Gasteiger partial charge on any atom is 0.220 e. The van der Waals surface area contributed by atoms with Gasteiger partial charge in [0.15, 0.2) is 0 Å². The fraction of sp³-hybridized carbons (Fsp3) is 0.714. The van der Waals surface area contributed by atoms with Crippen molar-refractivity contribution in [2.75, 3.05) is 6.54 Å². The van der Waals surface area contributed by atoms with Crippen LogP contribution in [0, 0.1) is 13.8 Å². The summed E-state index contributed by atoms with van der Waals surface area (Å²) in [6, 6.07) is 0. The van der Waals surface area contributed by atoms with Gasteiger partial charge in [-0.1, -0.05) is 25.4 Å². The number of hydrogen-bond acceptors (Lipinski definition) is 4. The van der Waals surface area contributed by atoms with E-state index in [1.54, 1.807) is 0 Å². The summed E-state index contributed by atoms with van der Waals surface area (Å²) in [7, 11) is 0. The van der Waals surface area contributed by atoms with Gasteiger partial charge < -0.3 is 14.9 Å². The van der Waals surface area contributed by atoms with Crippen LogP contribution in [0.2, 0.25) is 0 Å². The summed E-state index contributed by atoms with van der Waals surface area (Å²) in [5.41, 5.74) is 1.84. The molecule has 19 heavy (non-hydrogen) atoms. The van der Waals surface area contributed by atoms with Crippen molar-refractivity contribution in [2.45, 2.75) is 59.0 Å². The van der Waals surface area contributed by atoms with E-state index in [-0.39, 0.29) is 11.8 Å². The Labute approximate surface area is 114 Å². The van der Waals surface area contributed by atoms with Crippen LogP contribution in [0.25, 0.3) is 0 Å². The molecular weight excluding hydrogens is 244 g/mol. The minimum atomic E-state index is -0.455. The molecule has 0 aliphatic heterocycles. The zero-order valence-corrected chi connectivity index (χ0v) is 12.2. The number of nitrogens with zero attached hydrogens (tertiary/aromatic N) is 1. The number of hydrogen-bond donors (Lipinski definition) is 2. The van der Waals surface area contributed by atoms with Gasteiger partial charge in [-0.2, -0.15) is 0 Å². The number of aliphatic hydroxyl groups excluding tert-OH is 1. The standard InChI is InChI=1S/C14H24N2O3/c1-5-6-12(17)8-15-13(18)7-9(2)14-10(3)16-19-11(14)4/h9,12,17H,5-8H2,1-4H3,(H,15,18). The summed E-state index contributed by atoms with van der Waals surface area (Å²) in [4.78, 5) is 11.8. The molecule has 1 aromatic rings. The number of carbonyl (C=O) groups excluding carboxylic acids is 1. The van der Waals surface area contributed by atoms with Crippen LogP contribution < -0.4 is 5.32 Å². The Kier molecular flexibility index (Phi) is 6.02. The Morgan fingerprint density at radius 2 is 2.16 bits per heavy atom. The van der Waals surface area contributed by atoms with Gasteiger partial charge in [-0.25, -0.2) is 0 Å². The third-order valence-electron chi connectivity index (χ3n) is 3.23. The molecule has 0 radical (unpaired) electrons. The van der Waals surface area contributed by atoms with E-state index in [0.29, 0.717) is 19.4 Å². The van der Waals surface area contributed by atoms with Crippen LogP contribution in [0.3, 0.4) is 0 Å². The molecule has 1 amide bonds. The maximum atomic E-state index is 11.8. The van der Waals surface area contributed by atoms with Gasteiger partial charge in [0.05, 0.1) is 11.8 Å². The summed E-state index contributed by atoms with van der Waals surface area (Å²) < 4.78 is 5.11. The molecule has 0 saturated carbocycles. The van der Waals surface area contributed by atoms with E-state index >= 15 is 0 Å². The fourth-order valence-electron chi connectivity index (χ4n) is 2.31. The number of carbonyl (C=O) groups is 1. The van der Waals surface area contributed by atoms with Crippen molar-refractivity contribution in [3.8, 4) is 0 Å². The molecule has 2 unspecified atom stereocenters. The highest BCUT2D eigenvalue weighted by atomic mass is 16.5. The van der Waals surface area contributed by atoms with Gasteiger partial charge in [0.25, 0.3) is 0 Å². The Hall–Kier alpha value is -1.36. The van der Waals surface area contributed by atoms with Crippen LogP contribution >= 0.6 is 0 Å². The van der Waals surface area contributed by atoms with Gasteiger partial charge in [-0.05, 0) is 26.2 Å². The zero-order chi connectivity index (χ0) is 14.4. The molecule has 0 spiro atoms. The Morgan fingerprint density at radius 3 is 2.68 bits per heavy atom. The van der Waals surface area contributed by atoms with E-state index in [4.69, 9.17) is 4.52 Å². The molecule has 1 heterocycles. The second-order valence-corrected chi connectivity index (χ2v) is 5.09. The molecule has 5 nitrogen and oxygen atoms in total. The van der Waals surface area contributed by atoms with Crippen LogP contribution in [0.1, 0.15) is 56.0 Å². The molecule has 0 bridgehead atoms. The SMILES string of the molecule is CCCC(O)CNC(=O)CC(C)c1c(C)noc1C. The molecule has 2 atom stereocenters. The van der Waals surface area contributed by atoms with E-state index in [2.05, 4.69) is 10.5 Å². The molecule has 0 fully saturated rings. The van der Waals surface area contributed by atoms with Crippen molar-refractivity contribution < 1.29 is 14.4 Å². The molecule has 1 aromatic heterocycles. The van der Waals surface area contributed by atoms with E-state index in [1.807, 2.05) is 27.7 Å². The highest BCUT2D eigenvalue weighted by Crippen LogP contribution is 2.25. The second kappa shape index (κ2) is 7.28. The fourth-order valence-corrected chi connectivity index (χ4v) is 2.31. The molecule has 1 rings (SSSR count). The molecule has 2 N–H and O–H groups in total. The Balaban J connectivity index is 2.44. The Morgan fingerprint density at radius 1 is 1.47 bits per heavy atom. The maximum absolute atomic E-state index is 11.8. The number of nitrogens with one attached hydrogen (secondary N) is 1. The van der Waals surface area contributed by atoms with Gasteiger partial charge in [-0.15, -0.1) is 0 Å². The number of rotatable bonds is 7. The predicted molar refractivity (Wildman–Crippen MR) is 72.9 cm³/mol. The van der Waals surface area contributed by atoms with Crippen molar-refractivity contribution in [3.63, 3.8) is 0 Å². The van der Waals surface area contributed by atoms with Gasteiger partial charge in [-0.3, -0.25) is 4.79 Å². The second-order valence-electron chi connectivity index (χ2n) is 5.09. The summed E-state index contributed by atoms with van der Waals surface area (Å²) in [6.45, 7) is 8.04. The van der Waals surface area contributed by atoms with Crippen molar-refractivity contribution >= 4 is 5.91 Å². The summed E-state index contributed by atoms with van der Waals surface area (Å²) in [6.07, 6.45) is 1.54. The molecule has 0 aliphatic carbocycles. The largest absolute Gasteiger partial charge is 0.391 e. The van der Waals surface area contributed by atoms with Crippen LogP contribution in [0.5, 0.6) is 0 Å². The minimum Gasteiger partial charge on any atom is -0.391 e. The van der Waals surface area contributed by atoms with Crippen molar-refractivity contribution in [2.24, 2.45) is 0 Å². The summed E-state index contributed by atoms with van der Waals surface area (Å²) in [5.74, 6) is 0.779. The lowest BCUT2D eigenvalue weighted by atomic mass is 9.96. The highest BCUT2D eigenvalue weighted by Gasteiger charge is 2.19. The first-order chi connectivity index (χ1) is 8.95. The first-order valence-electron chi connectivity index (χ1n) is 6.83. The zero-order valence-electron chi connectivity index (χ0n) is 12.2. The number of aryl methyl sites for hydroxylation is 2. The van der Waals surface area contributed by atoms with Gasteiger partial charge in [0, 0.05) is 18.5 Å². The minimum absolute atomic E-state index is 0.0531. The molecule has 5 heteroatoms. The lowest BCUT2D eigenvalue weighted by Crippen LogP contribution is -2.32. The average Bonchev–Trinajstić information content (AvgIpc) is 2.67. The average molecular weight is 268 g/mol. The lowest BCUT2D eigenvalue weighted by molar-refractivity contribution is -0.121. The molecule has 0 saturated heterocycles. The molecule has 0 aliphatic rings. The smallest absolute Gasteiger partial charge is 0.220 e. The lowest BCUT2D eigenvalue weighted by Gasteiger charge is -2.13. The van der Waals surface area contributed by atoms with Crippen molar-refractivity contribution in [1.29, 1.82) is 0 Å². The van der Waals surface area contributed by atoms with E-state index in [9.17, 15) is 9.90 Å². The highest BCUT2D eigenvalue weighted by molar-refractivity contribution is 5.76. The summed E-state index contributed by atoms with van der Waals surface area (Å²) in [5, 5.41) is 16.2. The normalized spacial score (nSPS) is 14.2. The summed E-state index contributed by atoms with van der Waals surface area (Å²) >= 11 is 0. The first-order valence-corrected chi connectivity index (χ1v) is 6.83. The van der Waals surface area contributed by atoms with Gasteiger partial charge >= 0.3 is 0 Å².